The Morgan fingerprint density at radius 2 is 2.10 bits per heavy atom. The molecule has 21 heavy (non-hydrogen) atoms. The van der Waals surface area contributed by atoms with E-state index < -0.39 is 0 Å². The first-order valence-electron chi connectivity index (χ1n) is 8.44. The van der Waals surface area contributed by atoms with Gasteiger partial charge in [0.2, 0.25) is 0 Å². The Morgan fingerprint density at radius 3 is 2.71 bits per heavy atom. The van der Waals surface area contributed by atoms with Crippen LogP contribution in [0.25, 0.3) is 0 Å². The largest absolute Gasteiger partial charge is 0.508 e. The third kappa shape index (κ3) is 5.33. The Labute approximate surface area is 129 Å². The molecule has 1 aliphatic rings. The van der Waals surface area contributed by atoms with E-state index in [1.807, 2.05) is 12.1 Å². The first-order valence-corrected chi connectivity index (χ1v) is 8.44. The molecule has 1 aliphatic heterocycles. The molecule has 0 radical (unpaired) electrons. The van der Waals surface area contributed by atoms with E-state index in [-0.39, 0.29) is 0 Å². The molecular formula is C18H30N2O. The van der Waals surface area contributed by atoms with Gasteiger partial charge in [0, 0.05) is 18.6 Å². The fraction of sp³-hybridized carbons (Fsp3) is 0.667. The van der Waals surface area contributed by atoms with Crippen LogP contribution in [-0.4, -0.2) is 41.7 Å². The van der Waals surface area contributed by atoms with E-state index in [9.17, 15) is 5.11 Å². The minimum Gasteiger partial charge on any atom is -0.508 e. The summed E-state index contributed by atoms with van der Waals surface area (Å²) in [6.07, 6.45) is 6.13. The highest BCUT2D eigenvalue weighted by Gasteiger charge is 2.20. The summed E-state index contributed by atoms with van der Waals surface area (Å²) in [7, 11) is 0. The number of rotatable bonds is 8. The maximum atomic E-state index is 9.34. The first kappa shape index (κ1) is 16.3. The van der Waals surface area contributed by atoms with E-state index >= 15 is 0 Å². The number of nitrogens with zero attached hydrogens (tertiary/aromatic N) is 1. The lowest BCUT2D eigenvalue weighted by atomic mass is 10.0. The van der Waals surface area contributed by atoms with Crippen molar-refractivity contribution in [1.82, 2.24) is 10.2 Å². The van der Waals surface area contributed by atoms with Crippen LogP contribution in [0.3, 0.4) is 0 Å². The fourth-order valence-corrected chi connectivity index (χ4v) is 3.20. The molecule has 0 amide bonds. The van der Waals surface area contributed by atoms with Gasteiger partial charge in [0.1, 0.15) is 5.75 Å². The molecule has 1 aromatic carbocycles. The van der Waals surface area contributed by atoms with Crippen LogP contribution >= 0.6 is 0 Å². The topological polar surface area (TPSA) is 35.5 Å². The molecule has 3 nitrogen and oxygen atoms in total. The van der Waals surface area contributed by atoms with Gasteiger partial charge in [-0.25, -0.2) is 0 Å². The van der Waals surface area contributed by atoms with Crippen molar-refractivity contribution in [2.45, 2.75) is 58.0 Å². The van der Waals surface area contributed by atoms with Crippen LogP contribution in [0.5, 0.6) is 5.75 Å². The van der Waals surface area contributed by atoms with E-state index in [0.29, 0.717) is 17.8 Å². The minimum absolute atomic E-state index is 0.353. The maximum Gasteiger partial charge on any atom is 0.115 e. The Hall–Kier alpha value is -1.06. The average Bonchev–Trinajstić information content (AvgIpc) is 2.99. The van der Waals surface area contributed by atoms with Crippen LogP contribution in [0.2, 0.25) is 0 Å². The number of hydrogen-bond acceptors (Lipinski definition) is 3. The lowest BCUT2D eigenvalue weighted by molar-refractivity contribution is 0.183. The lowest BCUT2D eigenvalue weighted by Gasteiger charge is -2.31. The van der Waals surface area contributed by atoms with Crippen molar-refractivity contribution in [3.8, 4) is 5.75 Å². The first-order chi connectivity index (χ1) is 10.2. The molecule has 1 heterocycles. The summed E-state index contributed by atoms with van der Waals surface area (Å²) in [5.41, 5.74) is 1.31. The number of nitrogens with one attached hydrogen (secondary N) is 1. The number of phenols is 1. The monoisotopic (exact) mass is 290 g/mol. The van der Waals surface area contributed by atoms with Crippen molar-refractivity contribution < 1.29 is 5.11 Å². The summed E-state index contributed by atoms with van der Waals surface area (Å²) in [5.74, 6) is 0.353. The zero-order valence-electron chi connectivity index (χ0n) is 13.5. The molecule has 1 aromatic rings. The van der Waals surface area contributed by atoms with Crippen molar-refractivity contribution >= 4 is 0 Å². The lowest BCUT2D eigenvalue weighted by Crippen LogP contribution is -2.42. The van der Waals surface area contributed by atoms with Gasteiger partial charge >= 0.3 is 0 Å². The summed E-state index contributed by atoms with van der Waals surface area (Å²) in [4.78, 5) is 2.64. The van der Waals surface area contributed by atoms with E-state index in [1.54, 1.807) is 12.1 Å². The Balaban J connectivity index is 1.82. The molecule has 2 unspecified atom stereocenters. The van der Waals surface area contributed by atoms with Crippen LogP contribution in [0, 0.1) is 0 Å². The van der Waals surface area contributed by atoms with Gasteiger partial charge in [0.25, 0.3) is 0 Å². The van der Waals surface area contributed by atoms with Gasteiger partial charge in [-0.3, -0.25) is 4.90 Å². The van der Waals surface area contributed by atoms with Crippen molar-refractivity contribution in [2.75, 3.05) is 19.6 Å². The highest BCUT2D eigenvalue weighted by Crippen LogP contribution is 2.16. The van der Waals surface area contributed by atoms with Crippen molar-refractivity contribution in [3.05, 3.63) is 29.8 Å². The van der Waals surface area contributed by atoms with Gasteiger partial charge in [0.15, 0.2) is 0 Å². The van der Waals surface area contributed by atoms with Crippen LogP contribution in [0.15, 0.2) is 24.3 Å². The second-order valence-electron chi connectivity index (χ2n) is 6.34. The molecule has 1 fully saturated rings. The zero-order valence-corrected chi connectivity index (χ0v) is 13.5. The number of benzene rings is 1. The number of aromatic hydroxyl groups is 1. The van der Waals surface area contributed by atoms with Gasteiger partial charge in [-0.1, -0.05) is 19.1 Å². The van der Waals surface area contributed by atoms with E-state index in [1.165, 1.54) is 50.9 Å². The van der Waals surface area contributed by atoms with Crippen LogP contribution in [-0.2, 0) is 6.42 Å². The summed E-state index contributed by atoms with van der Waals surface area (Å²) in [6, 6.07) is 8.93. The average molecular weight is 290 g/mol. The zero-order chi connectivity index (χ0) is 15.1. The molecule has 118 valence electrons. The molecule has 2 atom stereocenters. The highest BCUT2D eigenvalue weighted by atomic mass is 16.3. The predicted octanol–water partition coefficient (Wildman–Crippen LogP) is 3.18. The van der Waals surface area contributed by atoms with Gasteiger partial charge < -0.3 is 10.4 Å². The number of hydrogen-bond donors (Lipinski definition) is 2. The van der Waals surface area contributed by atoms with Crippen LogP contribution < -0.4 is 5.32 Å². The van der Waals surface area contributed by atoms with E-state index in [4.69, 9.17) is 0 Å². The molecular weight excluding hydrogens is 260 g/mol. The molecule has 0 aliphatic carbocycles. The Morgan fingerprint density at radius 1 is 1.33 bits per heavy atom. The molecule has 0 saturated carbocycles. The van der Waals surface area contributed by atoms with Crippen LogP contribution in [0.1, 0.15) is 45.1 Å². The van der Waals surface area contributed by atoms with Gasteiger partial charge in [-0.05, 0) is 69.8 Å². The molecule has 0 aromatic heterocycles. The minimum atomic E-state index is 0.353. The maximum absolute atomic E-state index is 9.34. The third-order valence-corrected chi connectivity index (χ3v) is 4.54. The second kappa shape index (κ2) is 8.40. The normalized spacial score (nSPS) is 20.0. The standard InChI is InChI=1S/C18H30N2O/c1-3-13-20(14-17-5-4-12-19-17)15(2)6-7-16-8-10-18(21)11-9-16/h8-11,15,17,19,21H,3-7,12-14H2,1-2H3. The number of aryl methyl sites for hydroxylation is 1. The third-order valence-electron chi connectivity index (χ3n) is 4.54. The van der Waals surface area contributed by atoms with Gasteiger partial charge in [-0.2, -0.15) is 0 Å². The van der Waals surface area contributed by atoms with Crippen molar-refractivity contribution in [3.63, 3.8) is 0 Å². The van der Waals surface area contributed by atoms with E-state index in [2.05, 4.69) is 24.1 Å². The molecule has 1 saturated heterocycles. The number of phenolic OH excluding ortho intramolecular Hbond substituents is 1. The Kier molecular flexibility index (Phi) is 6.52. The predicted molar refractivity (Wildman–Crippen MR) is 88.8 cm³/mol. The van der Waals surface area contributed by atoms with Crippen LogP contribution in [0.4, 0.5) is 0 Å². The fourth-order valence-electron chi connectivity index (χ4n) is 3.20. The molecule has 2 N–H and O–H groups in total. The second-order valence-corrected chi connectivity index (χ2v) is 6.34. The molecule has 2 rings (SSSR count). The van der Waals surface area contributed by atoms with Crippen molar-refractivity contribution in [1.29, 1.82) is 0 Å². The summed E-state index contributed by atoms with van der Waals surface area (Å²) in [6.45, 7) is 8.18. The van der Waals surface area contributed by atoms with Gasteiger partial charge in [-0.15, -0.1) is 0 Å². The smallest absolute Gasteiger partial charge is 0.115 e. The van der Waals surface area contributed by atoms with E-state index in [0.717, 1.165) is 6.42 Å². The molecule has 0 spiro atoms. The Bertz CT molecular complexity index is 398. The quantitative estimate of drug-likeness (QED) is 0.772. The molecule has 3 heteroatoms. The molecule has 0 bridgehead atoms. The van der Waals surface area contributed by atoms with Crippen molar-refractivity contribution in [2.24, 2.45) is 0 Å². The highest BCUT2D eigenvalue weighted by molar-refractivity contribution is 5.25. The summed E-state index contributed by atoms with van der Waals surface area (Å²) < 4.78 is 0. The van der Waals surface area contributed by atoms with Gasteiger partial charge in [0.05, 0.1) is 0 Å². The summed E-state index contributed by atoms with van der Waals surface area (Å²) >= 11 is 0. The SMILES string of the molecule is CCCN(CC1CCCN1)C(C)CCc1ccc(O)cc1. The summed E-state index contributed by atoms with van der Waals surface area (Å²) in [5, 5.41) is 12.9.